The normalized spacial score (nSPS) is 14.8. The van der Waals surface area contributed by atoms with Crippen LogP contribution in [0.15, 0.2) is 42.5 Å². The second-order valence-electron chi connectivity index (χ2n) is 5.32. The summed E-state index contributed by atoms with van der Waals surface area (Å²) in [6.45, 7) is 3.24. The lowest BCUT2D eigenvalue weighted by atomic mass is 10.1. The fraction of sp³-hybridized carbons (Fsp3) is 0.235. The van der Waals surface area contributed by atoms with Crippen LogP contribution in [-0.4, -0.2) is 14.7 Å². The second-order valence-corrected chi connectivity index (χ2v) is 5.32. The summed E-state index contributed by atoms with van der Waals surface area (Å²) < 4.78 is 2.03. The highest BCUT2D eigenvalue weighted by atomic mass is 17.2. The van der Waals surface area contributed by atoms with Gasteiger partial charge in [0, 0.05) is 12.1 Å². The lowest BCUT2D eigenvalue weighted by molar-refractivity contribution is -0.194. The Morgan fingerprint density at radius 1 is 1.27 bits per heavy atom. The van der Waals surface area contributed by atoms with E-state index in [4.69, 9.17) is 9.78 Å². The van der Waals surface area contributed by atoms with Gasteiger partial charge in [-0.3, -0.25) is 0 Å². The van der Waals surface area contributed by atoms with Crippen molar-refractivity contribution in [1.29, 1.82) is 0 Å². The summed E-state index contributed by atoms with van der Waals surface area (Å²) >= 11 is 0. The van der Waals surface area contributed by atoms with Gasteiger partial charge < -0.3 is 14.6 Å². The summed E-state index contributed by atoms with van der Waals surface area (Å²) in [5.74, 6) is 1.30. The molecular formula is C17H16N2O3. The SMILES string of the molecule is CCn1c(C(O)c2ccc3c(c2)OOC3)nc2ccccc21. The van der Waals surface area contributed by atoms with E-state index >= 15 is 0 Å². The summed E-state index contributed by atoms with van der Waals surface area (Å²) in [7, 11) is 0. The molecule has 0 radical (unpaired) electrons. The standard InChI is InChI=1S/C17H16N2O3/c1-2-19-14-6-4-3-5-13(14)18-17(19)16(20)11-7-8-12-10-21-22-15(12)9-11/h3-9,16,20H,2,10H2,1H3. The number of imidazole rings is 1. The monoisotopic (exact) mass is 296 g/mol. The Morgan fingerprint density at radius 3 is 3.00 bits per heavy atom. The zero-order valence-electron chi connectivity index (χ0n) is 12.2. The summed E-state index contributed by atoms with van der Waals surface area (Å²) in [5.41, 5.74) is 3.65. The third kappa shape index (κ3) is 1.98. The molecule has 4 rings (SSSR count). The van der Waals surface area contributed by atoms with Crippen LogP contribution >= 0.6 is 0 Å². The number of aromatic nitrogens is 2. The molecule has 112 valence electrons. The van der Waals surface area contributed by atoms with Crippen LogP contribution in [0.5, 0.6) is 5.75 Å². The van der Waals surface area contributed by atoms with Gasteiger partial charge in [-0.15, -0.1) is 0 Å². The lowest BCUT2D eigenvalue weighted by Gasteiger charge is -2.13. The molecule has 0 saturated carbocycles. The van der Waals surface area contributed by atoms with Crippen molar-refractivity contribution in [3.8, 4) is 5.75 Å². The van der Waals surface area contributed by atoms with E-state index in [1.165, 1.54) is 0 Å². The van der Waals surface area contributed by atoms with Gasteiger partial charge >= 0.3 is 0 Å². The Balaban J connectivity index is 1.81. The van der Waals surface area contributed by atoms with Gasteiger partial charge in [0.05, 0.1) is 11.0 Å². The molecule has 1 aliphatic heterocycles. The lowest BCUT2D eigenvalue weighted by Crippen LogP contribution is -2.09. The predicted octanol–water partition coefficient (Wildman–Crippen LogP) is 2.96. The molecule has 22 heavy (non-hydrogen) atoms. The highest BCUT2D eigenvalue weighted by Crippen LogP contribution is 2.32. The van der Waals surface area contributed by atoms with Gasteiger partial charge in [0.1, 0.15) is 18.5 Å². The minimum atomic E-state index is -0.804. The largest absolute Gasteiger partial charge is 0.380 e. The van der Waals surface area contributed by atoms with Crippen LogP contribution in [0.2, 0.25) is 0 Å². The van der Waals surface area contributed by atoms with Gasteiger partial charge in [0.2, 0.25) is 0 Å². The summed E-state index contributed by atoms with van der Waals surface area (Å²) in [6, 6.07) is 13.5. The van der Waals surface area contributed by atoms with Crippen molar-refractivity contribution in [2.45, 2.75) is 26.2 Å². The average molecular weight is 296 g/mol. The number of hydrogen-bond acceptors (Lipinski definition) is 4. The second kappa shape index (κ2) is 5.12. The fourth-order valence-corrected chi connectivity index (χ4v) is 2.88. The first-order valence-electron chi connectivity index (χ1n) is 7.33. The molecule has 0 amide bonds. The maximum Gasteiger partial charge on any atom is 0.171 e. The molecule has 1 aliphatic rings. The van der Waals surface area contributed by atoms with Crippen molar-refractivity contribution in [2.24, 2.45) is 0 Å². The molecule has 1 unspecified atom stereocenters. The van der Waals surface area contributed by atoms with Crippen molar-refractivity contribution in [2.75, 3.05) is 0 Å². The molecule has 0 aliphatic carbocycles. The fourth-order valence-electron chi connectivity index (χ4n) is 2.88. The highest BCUT2D eigenvalue weighted by molar-refractivity contribution is 5.76. The average Bonchev–Trinajstić information content (AvgIpc) is 3.17. The van der Waals surface area contributed by atoms with Crippen LogP contribution in [0.3, 0.4) is 0 Å². The molecular weight excluding hydrogens is 280 g/mol. The minimum Gasteiger partial charge on any atom is -0.380 e. The third-order valence-corrected chi connectivity index (χ3v) is 4.01. The van der Waals surface area contributed by atoms with Crippen LogP contribution in [0.25, 0.3) is 11.0 Å². The zero-order valence-corrected chi connectivity index (χ0v) is 12.2. The number of rotatable bonds is 3. The topological polar surface area (TPSA) is 56.5 Å². The van der Waals surface area contributed by atoms with Crippen LogP contribution in [0.4, 0.5) is 0 Å². The van der Waals surface area contributed by atoms with Gasteiger partial charge in [-0.1, -0.05) is 24.3 Å². The third-order valence-electron chi connectivity index (χ3n) is 4.01. The van der Waals surface area contributed by atoms with E-state index in [1.807, 2.05) is 54.0 Å². The van der Waals surface area contributed by atoms with E-state index in [1.54, 1.807) is 0 Å². The number of hydrogen-bond donors (Lipinski definition) is 1. The number of nitrogens with zero attached hydrogens (tertiary/aromatic N) is 2. The molecule has 1 atom stereocenters. The van der Waals surface area contributed by atoms with E-state index in [-0.39, 0.29) is 0 Å². The first-order valence-corrected chi connectivity index (χ1v) is 7.33. The number of aliphatic hydroxyl groups excluding tert-OH is 1. The molecule has 5 heteroatoms. The molecule has 2 heterocycles. The summed E-state index contributed by atoms with van der Waals surface area (Å²) in [5, 5.41) is 10.8. The molecule has 1 N–H and O–H groups in total. The first kappa shape index (κ1) is 13.3. The number of para-hydroxylation sites is 2. The maximum absolute atomic E-state index is 10.8. The van der Waals surface area contributed by atoms with E-state index in [0.717, 1.165) is 28.7 Å². The van der Waals surface area contributed by atoms with Gasteiger partial charge in [0.25, 0.3) is 0 Å². The van der Waals surface area contributed by atoms with Crippen LogP contribution in [-0.2, 0) is 18.0 Å². The van der Waals surface area contributed by atoms with Crippen LogP contribution < -0.4 is 4.89 Å². The van der Waals surface area contributed by atoms with Crippen LogP contribution in [0, 0.1) is 0 Å². The quantitative estimate of drug-likeness (QED) is 0.755. The van der Waals surface area contributed by atoms with Crippen molar-refractivity contribution in [1.82, 2.24) is 9.55 Å². The summed E-state index contributed by atoms with van der Waals surface area (Å²) in [4.78, 5) is 14.6. The molecule has 3 aromatic rings. The Morgan fingerprint density at radius 2 is 2.14 bits per heavy atom. The number of benzene rings is 2. The predicted molar refractivity (Wildman–Crippen MR) is 81.3 cm³/mol. The van der Waals surface area contributed by atoms with Gasteiger partial charge in [0.15, 0.2) is 5.75 Å². The van der Waals surface area contributed by atoms with Crippen molar-refractivity contribution in [3.63, 3.8) is 0 Å². The molecule has 5 nitrogen and oxygen atoms in total. The van der Waals surface area contributed by atoms with Crippen molar-refractivity contribution in [3.05, 3.63) is 59.4 Å². The molecule has 0 bridgehead atoms. The van der Waals surface area contributed by atoms with E-state index in [0.29, 0.717) is 18.2 Å². The molecule has 1 aromatic heterocycles. The zero-order chi connectivity index (χ0) is 15.1. The van der Waals surface area contributed by atoms with Gasteiger partial charge in [-0.2, -0.15) is 4.89 Å². The van der Waals surface area contributed by atoms with E-state index in [2.05, 4.69) is 4.98 Å². The summed E-state index contributed by atoms with van der Waals surface area (Å²) in [6.07, 6.45) is -0.804. The van der Waals surface area contributed by atoms with Crippen molar-refractivity contribution < 1.29 is 14.9 Å². The van der Waals surface area contributed by atoms with E-state index in [9.17, 15) is 5.11 Å². The number of aliphatic hydroxyl groups is 1. The molecule has 2 aromatic carbocycles. The van der Waals surface area contributed by atoms with E-state index < -0.39 is 6.10 Å². The minimum absolute atomic E-state index is 0.444. The Hall–Kier alpha value is -2.37. The Bertz CT molecular complexity index is 841. The maximum atomic E-state index is 10.8. The Labute approximate surface area is 127 Å². The van der Waals surface area contributed by atoms with Crippen molar-refractivity contribution >= 4 is 11.0 Å². The number of fused-ring (bicyclic) bond motifs is 2. The molecule has 0 saturated heterocycles. The first-order chi connectivity index (χ1) is 10.8. The smallest absolute Gasteiger partial charge is 0.171 e. The highest BCUT2D eigenvalue weighted by Gasteiger charge is 2.22. The van der Waals surface area contributed by atoms with Gasteiger partial charge in [-0.05, 0) is 30.7 Å². The molecule has 0 spiro atoms. The van der Waals surface area contributed by atoms with Gasteiger partial charge in [-0.25, -0.2) is 4.98 Å². The van der Waals surface area contributed by atoms with Crippen LogP contribution in [0.1, 0.15) is 30.0 Å². The number of aryl methyl sites for hydroxylation is 1. The molecule has 0 fully saturated rings. The Kier molecular flexibility index (Phi) is 3.10.